The molecular formula is C38H41Cl2N9O3. The molecule has 2 aromatic heterocycles. The molecule has 1 amide bonds. The number of amides is 1. The molecule has 2 saturated heterocycles. The summed E-state index contributed by atoms with van der Waals surface area (Å²) >= 11 is 14.2. The number of hydrogen-bond donors (Lipinski definition) is 2. The molecule has 2 aliphatic heterocycles. The summed E-state index contributed by atoms with van der Waals surface area (Å²) < 4.78 is 11.3. The highest BCUT2D eigenvalue weighted by Crippen LogP contribution is 2.40. The van der Waals surface area contributed by atoms with Crippen LogP contribution in [0.25, 0.3) is 22.4 Å². The fraction of sp³-hybridized carbons (Fsp3) is 0.342. The Bertz CT molecular complexity index is 1990. The Labute approximate surface area is 313 Å². The lowest BCUT2D eigenvalue weighted by atomic mass is 9.98. The van der Waals surface area contributed by atoms with Gasteiger partial charge in [-0.25, -0.2) is 19.9 Å². The predicted molar refractivity (Wildman–Crippen MR) is 204 cm³/mol. The molecule has 2 aliphatic rings. The molecule has 2 fully saturated rings. The first kappa shape index (κ1) is 37.0. The standard InChI is InChI=1S/C38H41Cl2N9O3/c1-23(46-37(51-3)31(41-2)19-42-18-25-12-13-33(50)47-25)26-8-5-9-27(34(26)39)28-10-6-11-29(35(28)40)30-20-45-32(38(48-30)52-4)22-49-17-14-24(21-49)36-43-15-7-16-44-36/h5-11,15-16,20,24-25,42H,2,12-14,17-19,21-22H2,1,3-4H3,(H,47,50)/b37-31+,46-23+/t24?,25-/m0/s1. The first-order valence-electron chi connectivity index (χ1n) is 17.1. The van der Waals surface area contributed by atoms with E-state index in [2.05, 4.69) is 37.2 Å². The van der Waals surface area contributed by atoms with Gasteiger partial charge in [0.2, 0.25) is 17.7 Å². The van der Waals surface area contributed by atoms with E-state index in [9.17, 15) is 4.79 Å². The van der Waals surface area contributed by atoms with Crippen LogP contribution in [0.15, 0.2) is 82.6 Å². The van der Waals surface area contributed by atoms with Crippen molar-refractivity contribution in [1.29, 1.82) is 0 Å². The monoisotopic (exact) mass is 741 g/mol. The SMILES string of the molecule is C=N/C(CNC[C@@H]1CCC(=O)N1)=C(\N=C(/C)c1cccc(-c2cccc(-c3cnc(CN4CCC(c5ncccn5)C4)c(OC)n3)c2Cl)c1Cl)OC. The van der Waals surface area contributed by atoms with E-state index in [1.807, 2.05) is 49.4 Å². The molecule has 14 heteroatoms. The summed E-state index contributed by atoms with van der Waals surface area (Å²) in [6, 6.07) is 13.4. The lowest BCUT2D eigenvalue weighted by Gasteiger charge is -2.17. The molecular weight excluding hydrogens is 701 g/mol. The van der Waals surface area contributed by atoms with Crippen molar-refractivity contribution in [3.05, 3.63) is 99.8 Å². The fourth-order valence-corrected chi connectivity index (χ4v) is 7.20. The molecule has 12 nitrogen and oxygen atoms in total. The molecule has 0 spiro atoms. The minimum atomic E-state index is 0.0692. The first-order valence-corrected chi connectivity index (χ1v) is 17.8. The molecule has 4 aromatic rings. The highest BCUT2D eigenvalue weighted by atomic mass is 35.5. The zero-order chi connectivity index (χ0) is 36.6. The summed E-state index contributed by atoms with van der Waals surface area (Å²) in [5, 5.41) is 7.21. The molecule has 2 aromatic carbocycles. The summed E-state index contributed by atoms with van der Waals surface area (Å²) in [6.45, 7) is 8.86. The van der Waals surface area contributed by atoms with E-state index < -0.39 is 0 Å². The van der Waals surface area contributed by atoms with Gasteiger partial charge in [0.05, 0.1) is 41.9 Å². The van der Waals surface area contributed by atoms with Gasteiger partial charge in [0.1, 0.15) is 17.2 Å². The number of carbonyl (C=O) groups excluding carboxylic acids is 1. The summed E-state index contributed by atoms with van der Waals surface area (Å²) in [4.78, 5) is 41.2. The van der Waals surface area contributed by atoms with E-state index >= 15 is 0 Å². The summed E-state index contributed by atoms with van der Waals surface area (Å²) in [5.41, 5.74) is 5.34. The minimum absolute atomic E-state index is 0.0692. The molecule has 270 valence electrons. The minimum Gasteiger partial charge on any atom is -0.480 e. The van der Waals surface area contributed by atoms with Gasteiger partial charge in [0.25, 0.3) is 0 Å². The Balaban J connectivity index is 1.21. The number of aliphatic imine (C=N–C) groups is 2. The molecule has 0 radical (unpaired) electrons. The first-order chi connectivity index (χ1) is 25.3. The van der Waals surface area contributed by atoms with Crippen LogP contribution in [-0.2, 0) is 16.1 Å². The van der Waals surface area contributed by atoms with E-state index in [4.69, 9.17) is 47.6 Å². The van der Waals surface area contributed by atoms with Crippen molar-refractivity contribution in [3.8, 4) is 28.3 Å². The van der Waals surface area contributed by atoms with Crippen molar-refractivity contribution in [2.24, 2.45) is 9.98 Å². The van der Waals surface area contributed by atoms with Crippen LogP contribution in [0.1, 0.15) is 49.2 Å². The molecule has 2 atom stereocenters. The van der Waals surface area contributed by atoms with Crippen LogP contribution in [0.2, 0.25) is 10.0 Å². The van der Waals surface area contributed by atoms with Crippen LogP contribution in [-0.4, -0.2) is 89.6 Å². The summed E-state index contributed by atoms with van der Waals surface area (Å²) in [7, 11) is 3.13. The second-order valence-electron chi connectivity index (χ2n) is 12.6. The van der Waals surface area contributed by atoms with Gasteiger partial charge in [-0.3, -0.25) is 19.7 Å². The van der Waals surface area contributed by atoms with Crippen molar-refractivity contribution in [1.82, 2.24) is 35.5 Å². The maximum absolute atomic E-state index is 11.5. The van der Waals surface area contributed by atoms with Crippen LogP contribution in [0.5, 0.6) is 5.88 Å². The Morgan fingerprint density at radius 3 is 2.50 bits per heavy atom. The van der Waals surface area contributed by atoms with Gasteiger partial charge in [-0.05, 0) is 39.1 Å². The third-order valence-corrected chi connectivity index (χ3v) is 10.0. The highest BCUT2D eigenvalue weighted by molar-refractivity contribution is 6.39. The van der Waals surface area contributed by atoms with Crippen molar-refractivity contribution < 1.29 is 14.3 Å². The molecule has 1 unspecified atom stereocenters. The molecule has 6 rings (SSSR count). The largest absolute Gasteiger partial charge is 0.480 e. The van der Waals surface area contributed by atoms with Crippen LogP contribution < -0.4 is 15.4 Å². The molecule has 2 N–H and O–H groups in total. The number of carbonyl (C=O) groups is 1. The third-order valence-electron chi connectivity index (χ3n) is 9.22. The number of rotatable bonds is 14. The Hall–Kier alpha value is -4.75. The van der Waals surface area contributed by atoms with Gasteiger partial charge >= 0.3 is 0 Å². The van der Waals surface area contributed by atoms with Gasteiger partial charge in [0, 0.05) is 79.2 Å². The van der Waals surface area contributed by atoms with Crippen LogP contribution in [0.3, 0.4) is 0 Å². The molecule has 0 aliphatic carbocycles. The summed E-state index contributed by atoms with van der Waals surface area (Å²) in [5.74, 6) is 1.97. The van der Waals surface area contributed by atoms with E-state index in [0.717, 1.165) is 48.6 Å². The average Bonchev–Trinajstić information content (AvgIpc) is 3.82. The van der Waals surface area contributed by atoms with Crippen LogP contribution in [0, 0.1) is 0 Å². The topological polar surface area (TPSA) is 139 Å². The van der Waals surface area contributed by atoms with Crippen molar-refractivity contribution >= 4 is 41.5 Å². The van der Waals surface area contributed by atoms with Crippen LogP contribution in [0.4, 0.5) is 0 Å². The number of benzene rings is 2. The number of hydrogen-bond acceptors (Lipinski definition) is 11. The van der Waals surface area contributed by atoms with Gasteiger partial charge in [-0.1, -0.05) is 59.6 Å². The Morgan fingerprint density at radius 2 is 1.79 bits per heavy atom. The highest BCUT2D eigenvalue weighted by Gasteiger charge is 2.27. The Morgan fingerprint density at radius 1 is 1.04 bits per heavy atom. The number of halogens is 2. The zero-order valence-electron chi connectivity index (χ0n) is 29.4. The fourth-order valence-electron chi connectivity index (χ4n) is 6.51. The Kier molecular flexibility index (Phi) is 12.2. The van der Waals surface area contributed by atoms with Crippen LogP contribution >= 0.6 is 23.2 Å². The van der Waals surface area contributed by atoms with E-state index in [-0.39, 0.29) is 17.9 Å². The van der Waals surface area contributed by atoms with Gasteiger partial charge in [-0.15, -0.1) is 0 Å². The molecule has 0 bridgehead atoms. The maximum atomic E-state index is 11.5. The lowest BCUT2D eigenvalue weighted by molar-refractivity contribution is -0.119. The number of aromatic nitrogens is 4. The zero-order valence-corrected chi connectivity index (χ0v) is 30.9. The quantitative estimate of drug-likeness (QED) is 0.116. The molecule has 0 saturated carbocycles. The maximum Gasteiger partial charge on any atom is 0.237 e. The van der Waals surface area contributed by atoms with E-state index in [0.29, 0.717) is 76.1 Å². The van der Waals surface area contributed by atoms with Crippen molar-refractivity contribution in [3.63, 3.8) is 0 Å². The number of methoxy groups -OCH3 is 2. The lowest BCUT2D eigenvalue weighted by Crippen LogP contribution is -2.36. The molecule has 52 heavy (non-hydrogen) atoms. The van der Waals surface area contributed by atoms with Crippen molar-refractivity contribution in [2.45, 2.75) is 44.7 Å². The number of nitrogens with one attached hydrogen (secondary N) is 2. The normalized spacial score (nSPS) is 18.2. The molecule has 4 heterocycles. The van der Waals surface area contributed by atoms with Crippen molar-refractivity contribution in [2.75, 3.05) is 40.4 Å². The van der Waals surface area contributed by atoms with Gasteiger partial charge < -0.3 is 20.1 Å². The smallest absolute Gasteiger partial charge is 0.237 e. The van der Waals surface area contributed by atoms with Gasteiger partial charge in [-0.2, -0.15) is 0 Å². The van der Waals surface area contributed by atoms with E-state index in [1.165, 1.54) is 7.11 Å². The predicted octanol–water partition coefficient (Wildman–Crippen LogP) is 6.10. The second-order valence-corrected chi connectivity index (χ2v) is 13.4. The summed E-state index contributed by atoms with van der Waals surface area (Å²) in [6.07, 6.45) is 7.62. The number of ether oxygens (including phenoxy) is 2. The van der Waals surface area contributed by atoms with E-state index in [1.54, 1.807) is 25.7 Å². The second kappa shape index (κ2) is 17.2. The number of likely N-dealkylation sites (tertiary alicyclic amines) is 1. The average molecular weight is 743 g/mol. The number of nitrogens with zero attached hydrogens (tertiary/aromatic N) is 7. The van der Waals surface area contributed by atoms with Gasteiger partial charge in [0.15, 0.2) is 0 Å². The third kappa shape index (κ3) is 8.47.